The fourth-order valence-electron chi connectivity index (χ4n) is 4.25. The minimum Gasteiger partial charge on any atom is -0.447 e. The summed E-state index contributed by atoms with van der Waals surface area (Å²) in [5.41, 5.74) is 4.93. The largest absolute Gasteiger partial charge is 0.447 e. The fourth-order valence-corrected chi connectivity index (χ4v) is 5.79. The fraction of sp³-hybridized carbons (Fsp3) is 0.826. The van der Waals surface area contributed by atoms with Gasteiger partial charge in [-0.1, -0.05) is 6.42 Å². The number of ether oxygens (including phenoxy) is 2. The molecule has 3 aliphatic rings. The molecule has 14 nitrogen and oxygen atoms in total. The summed E-state index contributed by atoms with van der Waals surface area (Å²) in [6.45, 7) is 3.60. The van der Waals surface area contributed by atoms with Gasteiger partial charge in [-0.15, -0.1) is 0 Å². The van der Waals surface area contributed by atoms with Crippen molar-refractivity contribution in [1.82, 2.24) is 26.2 Å². The summed E-state index contributed by atoms with van der Waals surface area (Å²) in [4.78, 5) is 49.4. The average Bonchev–Trinajstić information content (AvgIpc) is 3.35. The van der Waals surface area contributed by atoms with Gasteiger partial charge < -0.3 is 41.4 Å². The van der Waals surface area contributed by atoms with Crippen molar-refractivity contribution in [3.63, 3.8) is 0 Å². The molecule has 3 aliphatic heterocycles. The number of urea groups is 1. The van der Waals surface area contributed by atoms with Gasteiger partial charge in [0, 0.05) is 50.0 Å². The van der Waals surface area contributed by atoms with E-state index in [4.69, 9.17) is 15.2 Å². The Morgan fingerprint density at radius 1 is 1.16 bits per heavy atom. The Hall–Kier alpha value is -2.65. The maximum atomic E-state index is 12.6. The molecule has 0 saturated carbocycles. The van der Waals surface area contributed by atoms with Crippen LogP contribution in [0.25, 0.3) is 0 Å². The SMILES string of the molecule is CC1(CCC(=O)N(CCOCCOC(=O)NCCCC[C@@H]2SC[C@@H]3NC(=O)N[C@@H]32)CC(=O)NCCN)N=N1. The number of nitrogens with one attached hydrogen (secondary N) is 4. The van der Waals surface area contributed by atoms with Gasteiger partial charge in [0.15, 0.2) is 5.66 Å². The van der Waals surface area contributed by atoms with Crippen molar-refractivity contribution in [1.29, 1.82) is 0 Å². The van der Waals surface area contributed by atoms with E-state index in [1.807, 2.05) is 18.7 Å². The summed E-state index contributed by atoms with van der Waals surface area (Å²) < 4.78 is 10.6. The maximum Gasteiger partial charge on any atom is 0.407 e. The van der Waals surface area contributed by atoms with Gasteiger partial charge in [-0.2, -0.15) is 22.0 Å². The Kier molecular flexibility index (Phi) is 11.9. The highest BCUT2D eigenvalue weighted by atomic mass is 32.2. The van der Waals surface area contributed by atoms with Gasteiger partial charge in [0.1, 0.15) is 6.61 Å². The number of fused-ring (bicyclic) bond motifs is 1. The Bertz CT molecular complexity index is 856. The minimum absolute atomic E-state index is 0.0760. The molecule has 214 valence electrons. The van der Waals surface area contributed by atoms with Gasteiger partial charge in [0.25, 0.3) is 0 Å². The summed E-state index contributed by atoms with van der Waals surface area (Å²) in [7, 11) is 0. The van der Waals surface area contributed by atoms with E-state index in [9.17, 15) is 19.2 Å². The smallest absolute Gasteiger partial charge is 0.407 e. The number of nitrogens with two attached hydrogens (primary N) is 1. The maximum absolute atomic E-state index is 12.6. The van der Waals surface area contributed by atoms with E-state index < -0.39 is 11.8 Å². The van der Waals surface area contributed by atoms with Crippen LogP contribution in [-0.4, -0.2) is 110 Å². The molecule has 0 aromatic heterocycles. The molecule has 6 N–H and O–H groups in total. The molecule has 0 bridgehead atoms. The second-order valence-electron chi connectivity index (χ2n) is 9.66. The molecule has 0 aliphatic carbocycles. The number of hydrogen-bond acceptors (Lipinski definition) is 10. The zero-order valence-electron chi connectivity index (χ0n) is 21.9. The number of carbonyl (C=O) groups is 4. The van der Waals surface area contributed by atoms with E-state index in [0.29, 0.717) is 31.3 Å². The standard InChI is InChI=1S/C23H40N8O6S/c1-23(29-30-23)6-5-19(33)31(14-18(32)25-9-7-24)10-11-36-12-13-37-22(35)26-8-3-2-4-17-20-16(15-38-17)27-21(34)28-20/h16-17,20H,2-15,24H2,1H3,(H,25,32)(H,26,35)(H2,27,28,34)/t16-,17-,20-/m0/s1. The van der Waals surface area contributed by atoms with E-state index in [2.05, 4.69) is 31.5 Å². The summed E-state index contributed by atoms with van der Waals surface area (Å²) >= 11 is 1.88. The van der Waals surface area contributed by atoms with Crippen molar-refractivity contribution >= 4 is 35.7 Å². The minimum atomic E-state index is -0.506. The lowest BCUT2D eigenvalue weighted by Gasteiger charge is -2.22. The Balaban J connectivity index is 1.21. The summed E-state index contributed by atoms with van der Waals surface area (Å²) in [6.07, 6.45) is 2.97. The second-order valence-corrected chi connectivity index (χ2v) is 10.9. The van der Waals surface area contributed by atoms with Crippen LogP contribution in [0.4, 0.5) is 9.59 Å². The molecule has 0 aromatic rings. The van der Waals surface area contributed by atoms with Crippen LogP contribution in [-0.2, 0) is 19.1 Å². The highest BCUT2D eigenvalue weighted by Gasteiger charge is 2.42. The molecule has 0 unspecified atom stereocenters. The van der Waals surface area contributed by atoms with Crippen LogP contribution in [0.3, 0.4) is 0 Å². The van der Waals surface area contributed by atoms with Gasteiger partial charge in [0.2, 0.25) is 11.8 Å². The number of nitrogens with zero attached hydrogens (tertiary/aromatic N) is 3. The average molecular weight is 557 g/mol. The van der Waals surface area contributed by atoms with Crippen LogP contribution in [0.2, 0.25) is 0 Å². The summed E-state index contributed by atoms with van der Waals surface area (Å²) in [6, 6.07) is 0.338. The molecular weight excluding hydrogens is 516 g/mol. The van der Waals surface area contributed by atoms with Crippen molar-refractivity contribution in [3.05, 3.63) is 0 Å². The highest BCUT2D eigenvalue weighted by molar-refractivity contribution is 8.00. The Labute approximate surface area is 226 Å². The predicted octanol–water partition coefficient (Wildman–Crippen LogP) is -0.0694. The molecule has 3 heterocycles. The normalized spacial score (nSPS) is 22.3. The lowest BCUT2D eigenvalue weighted by atomic mass is 10.0. The number of amides is 5. The van der Waals surface area contributed by atoms with Crippen LogP contribution in [0.1, 0.15) is 39.0 Å². The van der Waals surface area contributed by atoms with Gasteiger partial charge in [-0.05, 0) is 19.8 Å². The van der Waals surface area contributed by atoms with Crippen molar-refractivity contribution in [3.8, 4) is 0 Å². The topological polar surface area (TPSA) is 189 Å². The van der Waals surface area contributed by atoms with E-state index in [1.165, 1.54) is 4.90 Å². The second kappa shape index (κ2) is 15.1. The first-order valence-electron chi connectivity index (χ1n) is 13.2. The predicted molar refractivity (Wildman–Crippen MR) is 141 cm³/mol. The molecule has 5 amide bonds. The van der Waals surface area contributed by atoms with Crippen LogP contribution in [0, 0.1) is 0 Å². The molecule has 2 saturated heterocycles. The van der Waals surface area contributed by atoms with Crippen LogP contribution < -0.4 is 27.0 Å². The van der Waals surface area contributed by atoms with Gasteiger partial charge in [0.05, 0.1) is 31.8 Å². The van der Waals surface area contributed by atoms with Crippen molar-refractivity contribution in [2.24, 2.45) is 16.0 Å². The number of hydrogen-bond donors (Lipinski definition) is 5. The zero-order chi connectivity index (χ0) is 27.4. The summed E-state index contributed by atoms with van der Waals surface area (Å²) in [5, 5.41) is 19.5. The monoisotopic (exact) mass is 556 g/mol. The molecule has 2 fully saturated rings. The van der Waals surface area contributed by atoms with Crippen LogP contribution in [0.15, 0.2) is 10.2 Å². The van der Waals surface area contributed by atoms with Crippen LogP contribution in [0.5, 0.6) is 0 Å². The van der Waals surface area contributed by atoms with E-state index in [0.717, 1.165) is 25.0 Å². The molecule has 0 spiro atoms. The number of carbonyl (C=O) groups excluding carboxylic acids is 4. The first kappa shape index (κ1) is 29.9. The van der Waals surface area contributed by atoms with E-state index in [-0.39, 0.29) is 69.3 Å². The molecular formula is C23H40N8O6S. The molecule has 0 radical (unpaired) electrons. The highest BCUT2D eigenvalue weighted by Crippen LogP contribution is 2.33. The molecule has 3 atom stereocenters. The third kappa shape index (κ3) is 10.3. The van der Waals surface area contributed by atoms with E-state index in [1.54, 1.807) is 0 Å². The first-order chi connectivity index (χ1) is 18.3. The first-order valence-corrected chi connectivity index (χ1v) is 14.2. The van der Waals surface area contributed by atoms with Crippen molar-refractivity contribution in [2.75, 3.05) is 58.3 Å². The van der Waals surface area contributed by atoms with Crippen molar-refractivity contribution in [2.45, 2.75) is 62.0 Å². The van der Waals surface area contributed by atoms with E-state index >= 15 is 0 Å². The van der Waals surface area contributed by atoms with Crippen molar-refractivity contribution < 1.29 is 28.7 Å². The molecule has 38 heavy (non-hydrogen) atoms. The lowest BCUT2D eigenvalue weighted by molar-refractivity contribution is -0.137. The number of thioether (sulfide) groups is 1. The Morgan fingerprint density at radius 2 is 1.97 bits per heavy atom. The third-order valence-corrected chi connectivity index (χ3v) is 8.01. The third-order valence-electron chi connectivity index (χ3n) is 6.50. The molecule has 0 aromatic carbocycles. The zero-order valence-corrected chi connectivity index (χ0v) is 22.7. The Morgan fingerprint density at radius 3 is 2.74 bits per heavy atom. The van der Waals surface area contributed by atoms with Gasteiger partial charge in [-0.25, -0.2) is 9.59 Å². The molecule has 15 heteroatoms. The quantitative estimate of drug-likeness (QED) is 0.115. The number of rotatable bonds is 18. The van der Waals surface area contributed by atoms with Gasteiger partial charge in [-0.3, -0.25) is 9.59 Å². The number of unbranched alkanes of at least 4 members (excludes halogenated alkanes) is 1. The molecule has 3 rings (SSSR count). The van der Waals surface area contributed by atoms with Gasteiger partial charge >= 0.3 is 12.1 Å². The number of alkyl carbamates (subject to hydrolysis) is 1. The summed E-state index contributed by atoms with van der Waals surface area (Å²) in [5.74, 6) is 0.470. The van der Waals surface area contributed by atoms with Crippen LogP contribution >= 0.6 is 11.8 Å². The lowest BCUT2D eigenvalue weighted by Crippen LogP contribution is -2.43.